The SMILES string of the molecule is CCCCCCc1ccc(C2CCC(C3CCC(C=C(F)F)CC3)CC2)cc1. The zero-order valence-corrected chi connectivity index (χ0v) is 17.6. The second-order valence-electron chi connectivity index (χ2n) is 9.30. The van der Waals surface area contributed by atoms with Gasteiger partial charge < -0.3 is 0 Å². The minimum atomic E-state index is -1.49. The number of hydrogen-bond donors (Lipinski definition) is 0. The molecule has 2 aliphatic carbocycles. The molecule has 0 aromatic heterocycles. The van der Waals surface area contributed by atoms with Crippen LogP contribution in [-0.4, -0.2) is 0 Å². The van der Waals surface area contributed by atoms with E-state index in [1.54, 1.807) is 0 Å². The van der Waals surface area contributed by atoms with E-state index in [0.29, 0.717) is 0 Å². The summed E-state index contributed by atoms with van der Waals surface area (Å²) in [7, 11) is 0. The van der Waals surface area contributed by atoms with Crippen LogP contribution in [0.2, 0.25) is 0 Å². The minimum Gasteiger partial charge on any atom is -0.174 e. The van der Waals surface area contributed by atoms with Gasteiger partial charge in [-0.1, -0.05) is 50.5 Å². The van der Waals surface area contributed by atoms with Gasteiger partial charge in [-0.05, 0) is 105 Å². The molecule has 0 spiro atoms. The van der Waals surface area contributed by atoms with E-state index >= 15 is 0 Å². The molecule has 0 bridgehead atoms. The Morgan fingerprint density at radius 2 is 1.43 bits per heavy atom. The lowest BCUT2D eigenvalue weighted by Crippen LogP contribution is -2.25. The molecule has 0 heterocycles. The van der Waals surface area contributed by atoms with Gasteiger partial charge in [0.05, 0.1) is 0 Å². The summed E-state index contributed by atoms with van der Waals surface area (Å²) in [5, 5.41) is 0. The van der Waals surface area contributed by atoms with Gasteiger partial charge in [0, 0.05) is 0 Å². The highest BCUT2D eigenvalue weighted by molar-refractivity contribution is 5.26. The van der Waals surface area contributed by atoms with E-state index in [9.17, 15) is 8.78 Å². The summed E-state index contributed by atoms with van der Waals surface area (Å²) in [6.07, 6.45) is 15.7. The first kappa shape index (κ1) is 21.5. The summed E-state index contributed by atoms with van der Waals surface area (Å²) in [6.45, 7) is 2.26. The molecule has 0 aliphatic heterocycles. The highest BCUT2D eigenvalue weighted by atomic mass is 19.3. The molecule has 0 amide bonds. The quantitative estimate of drug-likeness (QED) is 0.391. The Morgan fingerprint density at radius 1 is 0.821 bits per heavy atom. The molecule has 0 saturated heterocycles. The van der Waals surface area contributed by atoms with Gasteiger partial charge in [-0.25, -0.2) is 0 Å². The fraction of sp³-hybridized carbons (Fsp3) is 0.692. The molecule has 0 unspecified atom stereocenters. The molecular formula is C26H38F2. The van der Waals surface area contributed by atoms with Crippen molar-refractivity contribution < 1.29 is 8.78 Å². The summed E-state index contributed by atoms with van der Waals surface area (Å²) >= 11 is 0. The van der Waals surface area contributed by atoms with Gasteiger partial charge in [0.25, 0.3) is 6.08 Å². The van der Waals surface area contributed by atoms with Crippen molar-refractivity contribution in [2.45, 2.75) is 96.3 Å². The van der Waals surface area contributed by atoms with E-state index in [2.05, 4.69) is 31.2 Å². The molecule has 3 rings (SSSR count). The lowest BCUT2D eigenvalue weighted by atomic mass is 9.68. The Bertz CT molecular complexity index is 583. The van der Waals surface area contributed by atoms with Crippen LogP contribution in [0.4, 0.5) is 8.78 Å². The third kappa shape index (κ3) is 6.42. The van der Waals surface area contributed by atoms with E-state index in [-0.39, 0.29) is 5.92 Å². The van der Waals surface area contributed by atoms with Crippen LogP contribution < -0.4 is 0 Å². The second-order valence-corrected chi connectivity index (χ2v) is 9.30. The first-order valence-electron chi connectivity index (χ1n) is 11.8. The van der Waals surface area contributed by atoms with Gasteiger partial charge in [0.15, 0.2) is 0 Å². The van der Waals surface area contributed by atoms with Crippen molar-refractivity contribution >= 4 is 0 Å². The van der Waals surface area contributed by atoms with Crippen molar-refractivity contribution in [1.29, 1.82) is 0 Å². The van der Waals surface area contributed by atoms with Crippen LogP contribution in [0.1, 0.15) is 101 Å². The van der Waals surface area contributed by atoms with Gasteiger partial charge in [0.1, 0.15) is 0 Å². The Hall–Kier alpha value is -1.18. The van der Waals surface area contributed by atoms with Crippen LogP contribution in [0.15, 0.2) is 36.4 Å². The molecule has 1 aromatic rings. The van der Waals surface area contributed by atoms with Gasteiger partial charge in [0.2, 0.25) is 0 Å². The zero-order valence-electron chi connectivity index (χ0n) is 17.6. The molecule has 0 atom stereocenters. The maximum atomic E-state index is 12.5. The van der Waals surface area contributed by atoms with Crippen LogP contribution in [-0.2, 0) is 6.42 Å². The van der Waals surface area contributed by atoms with Crippen molar-refractivity contribution in [2.75, 3.05) is 0 Å². The third-order valence-electron chi connectivity index (χ3n) is 7.39. The number of hydrogen-bond acceptors (Lipinski definition) is 0. The summed E-state index contributed by atoms with van der Waals surface area (Å²) in [4.78, 5) is 0. The molecule has 0 nitrogen and oxygen atoms in total. The first-order valence-corrected chi connectivity index (χ1v) is 11.8. The molecule has 2 fully saturated rings. The number of rotatable bonds is 8. The van der Waals surface area contributed by atoms with Crippen molar-refractivity contribution in [3.05, 3.63) is 47.5 Å². The largest absolute Gasteiger partial charge is 0.266 e. The lowest BCUT2D eigenvalue weighted by molar-refractivity contribution is 0.170. The van der Waals surface area contributed by atoms with Crippen molar-refractivity contribution in [1.82, 2.24) is 0 Å². The smallest absolute Gasteiger partial charge is 0.174 e. The van der Waals surface area contributed by atoms with Crippen LogP contribution >= 0.6 is 0 Å². The highest BCUT2D eigenvalue weighted by Crippen LogP contribution is 2.44. The molecule has 2 aliphatic rings. The maximum absolute atomic E-state index is 12.5. The molecule has 156 valence electrons. The number of allylic oxidation sites excluding steroid dienone is 1. The van der Waals surface area contributed by atoms with E-state index in [1.807, 2.05) is 0 Å². The summed E-state index contributed by atoms with van der Waals surface area (Å²) in [6, 6.07) is 9.46. The van der Waals surface area contributed by atoms with Gasteiger partial charge >= 0.3 is 0 Å². The van der Waals surface area contributed by atoms with E-state index < -0.39 is 6.08 Å². The number of unbranched alkanes of at least 4 members (excludes halogenated alkanes) is 3. The molecule has 2 saturated carbocycles. The number of benzene rings is 1. The predicted molar refractivity (Wildman–Crippen MR) is 115 cm³/mol. The fourth-order valence-corrected chi connectivity index (χ4v) is 5.60. The standard InChI is InChI=1S/C26H38F2/c1-2-3-4-5-6-20-7-11-22(12-8-20)24-15-17-25(18-16-24)23-13-9-21(10-14-23)19-26(27)28/h7-8,11-12,19,21,23-25H,2-6,9-10,13-18H2,1H3. The fourth-order valence-electron chi connectivity index (χ4n) is 5.60. The van der Waals surface area contributed by atoms with Crippen LogP contribution in [0.25, 0.3) is 0 Å². The van der Waals surface area contributed by atoms with Crippen LogP contribution in [0.5, 0.6) is 0 Å². The number of halogens is 2. The monoisotopic (exact) mass is 388 g/mol. The molecule has 1 aromatic carbocycles. The van der Waals surface area contributed by atoms with Crippen molar-refractivity contribution in [3.63, 3.8) is 0 Å². The second kappa shape index (κ2) is 11.1. The normalized spacial score (nSPS) is 28.1. The summed E-state index contributed by atoms with van der Waals surface area (Å²) in [5.41, 5.74) is 3.02. The Morgan fingerprint density at radius 3 is 2.00 bits per heavy atom. The summed E-state index contributed by atoms with van der Waals surface area (Å²) < 4.78 is 24.9. The Balaban J connectivity index is 1.41. The average molecular weight is 389 g/mol. The Labute approximate surface area is 170 Å². The van der Waals surface area contributed by atoms with Gasteiger partial charge in [-0.3, -0.25) is 0 Å². The van der Waals surface area contributed by atoms with Gasteiger partial charge in [-0.2, -0.15) is 8.78 Å². The first-order chi connectivity index (χ1) is 13.7. The van der Waals surface area contributed by atoms with Crippen molar-refractivity contribution in [3.8, 4) is 0 Å². The molecule has 0 radical (unpaired) electrons. The predicted octanol–water partition coefficient (Wildman–Crippen LogP) is 8.67. The van der Waals surface area contributed by atoms with Gasteiger partial charge in [-0.15, -0.1) is 0 Å². The zero-order chi connectivity index (χ0) is 19.8. The summed E-state index contributed by atoms with van der Waals surface area (Å²) in [5.74, 6) is 2.45. The van der Waals surface area contributed by atoms with E-state index in [4.69, 9.17) is 0 Å². The Kier molecular flexibility index (Phi) is 8.55. The van der Waals surface area contributed by atoms with Crippen molar-refractivity contribution in [2.24, 2.45) is 17.8 Å². The van der Waals surface area contributed by atoms with Crippen LogP contribution in [0, 0.1) is 17.8 Å². The highest BCUT2D eigenvalue weighted by Gasteiger charge is 2.31. The van der Waals surface area contributed by atoms with Crippen LogP contribution in [0.3, 0.4) is 0 Å². The average Bonchev–Trinajstić information content (AvgIpc) is 2.72. The van der Waals surface area contributed by atoms with E-state index in [0.717, 1.165) is 43.4 Å². The topological polar surface area (TPSA) is 0 Å². The molecular weight excluding hydrogens is 350 g/mol. The lowest BCUT2D eigenvalue weighted by Gasteiger charge is -2.37. The third-order valence-corrected chi connectivity index (χ3v) is 7.39. The number of aryl methyl sites for hydroxylation is 1. The van der Waals surface area contributed by atoms with E-state index in [1.165, 1.54) is 75.0 Å². The molecule has 28 heavy (non-hydrogen) atoms. The molecule has 0 N–H and O–H groups in total. The minimum absolute atomic E-state index is 0.123. The maximum Gasteiger partial charge on any atom is 0.266 e. The molecule has 2 heteroatoms.